The topological polar surface area (TPSA) is 69.9 Å². The van der Waals surface area contributed by atoms with E-state index < -0.39 is 23.4 Å². The number of hydrogen-bond donors (Lipinski definition) is 0. The molecule has 0 saturated carbocycles. The Hall–Kier alpha value is -2.45. The minimum Gasteiger partial charge on any atom is -0.462 e. The van der Waals surface area contributed by atoms with Gasteiger partial charge in [-0.2, -0.15) is 13.2 Å². The molecule has 0 radical (unpaired) electrons. The van der Waals surface area contributed by atoms with E-state index in [2.05, 4.69) is 19.7 Å². The number of carbonyl (C=O) groups excluding carboxylic acids is 1. The minimum atomic E-state index is -4.79. The van der Waals surface area contributed by atoms with Crippen molar-refractivity contribution < 1.29 is 22.7 Å². The summed E-state index contributed by atoms with van der Waals surface area (Å²) >= 11 is 0. The van der Waals surface area contributed by atoms with Crippen molar-refractivity contribution in [2.75, 3.05) is 6.61 Å². The smallest absolute Gasteiger partial charge is 0.434 e. The van der Waals surface area contributed by atoms with Gasteiger partial charge in [-0.15, -0.1) is 0 Å². The number of hydrogen-bond acceptors (Lipinski definition) is 5. The lowest BCUT2D eigenvalue weighted by Gasteiger charge is -2.12. The lowest BCUT2D eigenvalue weighted by molar-refractivity contribution is -0.141. The summed E-state index contributed by atoms with van der Waals surface area (Å²) in [6, 6.07) is 0. The number of aromatic nitrogens is 4. The van der Waals surface area contributed by atoms with Crippen LogP contribution in [0.3, 0.4) is 0 Å². The predicted molar refractivity (Wildman–Crippen MR) is 65.2 cm³/mol. The number of imidazole rings is 1. The lowest BCUT2D eigenvalue weighted by Crippen LogP contribution is -2.18. The van der Waals surface area contributed by atoms with Gasteiger partial charge in [0.1, 0.15) is 11.3 Å². The van der Waals surface area contributed by atoms with Crippen molar-refractivity contribution in [1.29, 1.82) is 0 Å². The fraction of sp³-hybridized carbons (Fsp3) is 0.333. The normalized spacial score (nSPS) is 11.5. The molecule has 0 N–H and O–H groups in total. The zero-order valence-corrected chi connectivity index (χ0v) is 11.2. The highest BCUT2D eigenvalue weighted by Gasteiger charge is 2.38. The molecule has 0 saturated heterocycles. The molecule has 2 aromatic rings. The van der Waals surface area contributed by atoms with E-state index in [1.54, 1.807) is 7.05 Å². The number of aryl methyl sites for hydroxylation is 1. The van der Waals surface area contributed by atoms with Gasteiger partial charge in [0.15, 0.2) is 11.5 Å². The van der Waals surface area contributed by atoms with Gasteiger partial charge in [-0.3, -0.25) is 0 Å². The van der Waals surface area contributed by atoms with Gasteiger partial charge in [0.2, 0.25) is 0 Å². The summed E-state index contributed by atoms with van der Waals surface area (Å²) in [6.45, 7) is 1.45. The molecule has 112 valence electrons. The molecule has 0 bridgehead atoms. The van der Waals surface area contributed by atoms with Gasteiger partial charge in [-0.05, 0) is 6.92 Å². The van der Waals surface area contributed by atoms with E-state index in [-0.39, 0.29) is 12.4 Å². The molecular weight excluding hydrogens is 289 g/mol. The van der Waals surface area contributed by atoms with E-state index in [1.165, 1.54) is 24.0 Å². The van der Waals surface area contributed by atoms with E-state index in [0.29, 0.717) is 5.69 Å². The second-order valence-corrected chi connectivity index (χ2v) is 4.06. The van der Waals surface area contributed by atoms with Crippen LogP contribution in [0.15, 0.2) is 18.7 Å². The molecule has 0 atom stereocenters. The lowest BCUT2D eigenvalue weighted by atomic mass is 10.2. The molecule has 0 aromatic carbocycles. The van der Waals surface area contributed by atoms with Crippen LogP contribution in [0.4, 0.5) is 13.2 Å². The van der Waals surface area contributed by atoms with Crippen molar-refractivity contribution in [3.05, 3.63) is 30.0 Å². The van der Waals surface area contributed by atoms with Crippen molar-refractivity contribution in [2.24, 2.45) is 7.05 Å². The summed E-state index contributed by atoms with van der Waals surface area (Å²) in [7, 11) is 1.60. The molecular formula is C12H11F3N4O2. The van der Waals surface area contributed by atoms with Crippen LogP contribution in [0.25, 0.3) is 11.5 Å². The molecule has 0 amide bonds. The second-order valence-electron chi connectivity index (χ2n) is 4.06. The summed E-state index contributed by atoms with van der Waals surface area (Å²) in [5.41, 5.74) is -1.74. The highest BCUT2D eigenvalue weighted by molar-refractivity contribution is 5.90. The summed E-state index contributed by atoms with van der Waals surface area (Å²) in [5.74, 6) is -1.28. The highest BCUT2D eigenvalue weighted by Crippen LogP contribution is 2.31. The van der Waals surface area contributed by atoms with Crippen molar-refractivity contribution >= 4 is 5.97 Å². The molecule has 0 aliphatic carbocycles. The number of nitrogens with zero attached hydrogens (tertiary/aromatic N) is 4. The third-order valence-electron chi connectivity index (χ3n) is 2.60. The molecule has 0 aliphatic heterocycles. The number of rotatable bonds is 3. The first-order chi connectivity index (χ1) is 9.84. The van der Waals surface area contributed by atoms with Gasteiger partial charge in [-0.25, -0.2) is 19.7 Å². The molecule has 21 heavy (non-hydrogen) atoms. The standard InChI is InChI=1S/C12H11F3N4O2/c1-3-21-11(20)7-4-17-10(8-5-16-6-19(8)2)18-9(7)12(13,14)15/h4-6H,3H2,1-2H3. The van der Waals surface area contributed by atoms with Crippen LogP contribution in [-0.4, -0.2) is 32.1 Å². The molecule has 0 unspecified atom stereocenters. The van der Waals surface area contributed by atoms with Crippen LogP contribution in [-0.2, 0) is 18.0 Å². The van der Waals surface area contributed by atoms with E-state index >= 15 is 0 Å². The van der Waals surface area contributed by atoms with E-state index in [1.807, 2.05) is 0 Å². The largest absolute Gasteiger partial charge is 0.462 e. The van der Waals surface area contributed by atoms with Gasteiger partial charge in [0.25, 0.3) is 0 Å². The van der Waals surface area contributed by atoms with Crippen LogP contribution in [0, 0.1) is 0 Å². The predicted octanol–water partition coefficient (Wildman–Crippen LogP) is 2.07. The number of alkyl halides is 3. The van der Waals surface area contributed by atoms with Crippen molar-refractivity contribution in [3.63, 3.8) is 0 Å². The molecule has 0 fully saturated rings. The Morgan fingerprint density at radius 3 is 2.62 bits per heavy atom. The van der Waals surface area contributed by atoms with E-state index in [4.69, 9.17) is 0 Å². The third-order valence-corrected chi connectivity index (χ3v) is 2.60. The Kier molecular flexibility index (Phi) is 3.92. The Morgan fingerprint density at radius 2 is 2.10 bits per heavy atom. The molecule has 9 heteroatoms. The number of esters is 1. The molecule has 2 heterocycles. The number of ether oxygens (including phenoxy) is 1. The quantitative estimate of drug-likeness (QED) is 0.812. The van der Waals surface area contributed by atoms with Crippen LogP contribution >= 0.6 is 0 Å². The monoisotopic (exact) mass is 300 g/mol. The average Bonchev–Trinajstić information content (AvgIpc) is 2.83. The maximum absolute atomic E-state index is 13.1. The van der Waals surface area contributed by atoms with Gasteiger partial charge in [0, 0.05) is 13.2 Å². The molecule has 6 nitrogen and oxygen atoms in total. The Balaban J connectivity index is 2.55. The Morgan fingerprint density at radius 1 is 1.38 bits per heavy atom. The number of halogens is 3. The van der Waals surface area contributed by atoms with Crippen LogP contribution < -0.4 is 0 Å². The highest BCUT2D eigenvalue weighted by atomic mass is 19.4. The minimum absolute atomic E-state index is 0.0421. The molecule has 0 aliphatic rings. The second kappa shape index (κ2) is 5.51. The Labute approximate surface area is 117 Å². The maximum atomic E-state index is 13.1. The summed E-state index contributed by atoms with van der Waals surface area (Å²) in [4.78, 5) is 22.6. The van der Waals surface area contributed by atoms with E-state index in [0.717, 1.165) is 6.20 Å². The Bertz CT molecular complexity index is 667. The zero-order chi connectivity index (χ0) is 15.6. The first-order valence-corrected chi connectivity index (χ1v) is 5.92. The van der Waals surface area contributed by atoms with Crippen LogP contribution in [0.5, 0.6) is 0 Å². The first kappa shape index (κ1) is 14.9. The van der Waals surface area contributed by atoms with Crippen molar-refractivity contribution in [1.82, 2.24) is 19.5 Å². The third kappa shape index (κ3) is 3.01. The van der Waals surface area contributed by atoms with Gasteiger partial charge >= 0.3 is 12.1 Å². The van der Waals surface area contributed by atoms with Crippen molar-refractivity contribution in [2.45, 2.75) is 13.1 Å². The SMILES string of the molecule is CCOC(=O)c1cnc(-c2cncn2C)nc1C(F)(F)F. The van der Waals surface area contributed by atoms with Gasteiger partial charge in [0.05, 0.1) is 19.1 Å². The maximum Gasteiger partial charge on any atom is 0.434 e. The zero-order valence-electron chi connectivity index (χ0n) is 11.2. The van der Waals surface area contributed by atoms with Crippen LogP contribution in [0.1, 0.15) is 23.0 Å². The molecule has 2 aromatic heterocycles. The first-order valence-electron chi connectivity index (χ1n) is 5.92. The van der Waals surface area contributed by atoms with Gasteiger partial charge in [-0.1, -0.05) is 0 Å². The van der Waals surface area contributed by atoms with Crippen LogP contribution in [0.2, 0.25) is 0 Å². The number of carbonyl (C=O) groups is 1. The fourth-order valence-corrected chi connectivity index (χ4v) is 1.65. The van der Waals surface area contributed by atoms with Gasteiger partial charge < -0.3 is 9.30 Å². The molecule has 2 rings (SSSR count). The summed E-state index contributed by atoms with van der Waals surface area (Å²) in [5, 5.41) is 0. The fourth-order valence-electron chi connectivity index (χ4n) is 1.65. The summed E-state index contributed by atoms with van der Waals surface area (Å²) < 4.78 is 45.2. The van der Waals surface area contributed by atoms with Crippen molar-refractivity contribution in [3.8, 4) is 11.5 Å². The summed E-state index contributed by atoms with van der Waals surface area (Å²) in [6.07, 6.45) is -1.24. The van der Waals surface area contributed by atoms with E-state index in [9.17, 15) is 18.0 Å². The molecule has 0 spiro atoms. The average molecular weight is 300 g/mol.